The van der Waals surface area contributed by atoms with Crippen LogP contribution in [0.2, 0.25) is 0 Å². The first-order chi connectivity index (χ1) is 7.13. The fourth-order valence-electron chi connectivity index (χ4n) is 1.18. The number of nitrogens with zero attached hydrogens (tertiary/aromatic N) is 1. The van der Waals surface area contributed by atoms with E-state index in [1.807, 2.05) is 32.9 Å². The quantitative estimate of drug-likeness (QED) is 0.303. The Hall–Kier alpha value is -1.49. The Morgan fingerprint density at radius 3 is 2.67 bits per heavy atom. The molecule has 1 aromatic rings. The van der Waals surface area contributed by atoms with Crippen LogP contribution in [0.5, 0.6) is 0 Å². The van der Waals surface area contributed by atoms with Gasteiger partial charge in [0, 0.05) is 6.04 Å². The van der Waals surface area contributed by atoms with Crippen molar-refractivity contribution in [2.75, 3.05) is 0 Å². The molecule has 1 atom stereocenters. The summed E-state index contributed by atoms with van der Waals surface area (Å²) in [6.45, 7) is 5.98. The van der Waals surface area contributed by atoms with Gasteiger partial charge in [-0.3, -0.25) is 5.43 Å². The van der Waals surface area contributed by atoms with Gasteiger partial charge in [-0.25, -0.2) is 10.8 Å². The molecule has 0 aromatic carbocycles. The van der Waals surface area contributed by atoms with Crippen molar-refractivity contribution in [3.8, 4) is 0 Å². The van der Waals surface area contributed by atoms with E-state index in [1.165, 1.54) is 0 Å². The second-order valence-electron chi connectivity index (χ2n) is 3.61. The zero-order chi connectivity index (χ0) is 11.3. The van der Waals surface area contributed by atoms with Gasteiger partial charge in [0.05, 0.1) is 6.26 Å². The summed E-state index contributed by atoms with van der Waals surface area (Å²) in [6.07, 6.45) is 1.63. The Bertz CT molecular complexity index is 305. The summed E-state index contributed by atoms with van der Waals surface area (Å²) in [5.41, 5.74) is 2.52. The van der Waals surface area contributed by atoms with Crippen LogP contribution in [0.1, 0.15) is 32.6 Å². The van der Waals surface area contributed by atoms with Crippen LogP contribution in [0.25, 0.3) is 0 Å². The molecule has 0 radical (unpaired) electrons. The van der Waals surface area contributed by atoms with Crippen molar-refractivity contribution in [1.82, 2.24) is 10.7 Å². The minimum absolute atomic E-state index is 0.0581. The maximum atomic E-state index is 5.35. The van der Waals surface area contributed by atoms with Gasteiger partial charge in [-0.1, -0.05) is 0 Å². The van der Waals surface area contributed by atoms with E-state index in [-0.39, 0.29) is 12.1 Å². The standard InChI is InChI=1S/C10H18N4O/c1-7(2)12-10(14-11)13-8(3)9-5-4-6-15-9/h4-8H,11H2,1-3H3,(H2,12,13,14). The highest BCUT2D eigenvalue weighted by Crippen LogP contribution is 2.16. The van der Waals surface area contributed by atoms with Crippen molar-refractivity contribution in [3.63, 3.8) is 0 Å². The van der Waals surface area contributed by atoms with Crippen LogP contribution >= 0.6 is 0 Å². The van der Waals surface area contributed by atoms with E-state index in [2.05, 4.69) is 15.7 Å². The number of furan rings is 1. The molecular weight excluding hydrogens is 192 g/mol. The van der Waals surface area contributed by atoms with Gasteiger partial charge in [0.2, 0.25) is 5.96 Å². The van der Waals surface area contributed by atoms with Crippen LogP contribution < -0.4 is 16.6 Å². The Kier molecular flexibility index (Phi) is 4.17. The summed E-state index contributed by atoms with van der Waals surface area (Å²) in [4.78, 5) is 4.35. The Labute approximate surface area is 89.7 Å². The predicted octanol–water partition coefficient (Wildman–Crippen LogP) is 1.16. The molecule has 0 bridgehead atoms. The van der Waals surface area contributed by atoms with Crippen LogP contribution in [0.4, 0.5) is 0 Å². The highest BCUT2D eigenvalue weighted by Gasteiger charge is 2.08. The monoisotopic (exact) mass is 210 g/mol. The van der Waals surface area contributed by atoms with Crippen LogP contribution in [0.15, 0.2) is 27.8 Å². The van der Waals surface area contributed by atoms with E-state index in [1.54, 1.807) is 6.26 Å². The summed E-state index contributed by atoms with van der Waals surface area (Å²) in [5, 5.41) is 3.09. The first-order valence-electron chi connectivity index (χ1n) is 4.98. The van der Waals surface area contributed by atoms with Crippen molar-refractivity contribution in [1.29, 1.82) is 0 Å². The normalized spacial score (nSPS) is 14.1. The van der Waals surface area contributed by atoms with Crippen molar-refractivity contribution < 1.29 is 4.42 Å². The third-order valence-electron chi connectivity index (χ3n) is 1.84. The molecule has 0 aliphatic rings. The average molecular weight is 210 g/mol. The average Bonchev–Trinajstić information content (AvgIpc) is 2.68. The number of nitrogens with one attached hydrogen (secondary N) is 2. The highest BCUT2D eigenvalue weighted by molar-refractivity contribution is 5.79. The fraction of sp³-hybridized carbons (Fsp3) is 0.500. The van der Waals surface area contributed by atoms with Crippen molar-refractivity contribution in [2.45, 2.75) is 32.9 Å². The number of aliphatic imine (C=N–C) groups is 1. The fourth-order valence-corrected chi connectivity index (χ4v) is 1.18. The molecule has 1 aromatic heterocycles. The lowest BCUT2D eigenvalue weighted by atomic mass is 10.3. The molecule has 15 heavy (non-hydrogen) atoms. The molecule has 0 saturated carbocycles. The Balaban J connectivity index is 2.66. The lowest BCUT2D eigenvalue weighted by Gasteiger charge is -2.13. The van der Waals surface area contributed by atoms with Crippen molar-refractivity contribution in [3.05, 3.63) is 24.2 Å². The zero-order valence-corrected chi connectivity index (χ0v) is 9.32. The predicted molar refractivity (Wildman–Crippen MR) is 60.2 cm³/mol. The van der Waals surface area contributed by atoms with Crippen LogP contribution in [-0.2, 0) is 0 Å². The lowest BCUT2D eigenvalue weighted by Crippen LogP contribution is -2.44. The van der Waals surface area contributed by atoms with E-state index in [9.17, 15) is 0 Å². The second kappa shape index (κ2) is 5.41. The van der Waals surface area contributed by atoms with E-state index < -0.39 is 0 Å². The topological polar surface area (TPSA) is 75.6 Å². The molecule has 0 saturated heterocycles. The van der Waals surface area contributed by atoms with Gasteiger partial charge < -0.3 is 9.73 Å². The van der Waals surface area contributed by atoms with Gasteiger partial charge in [0.25, 0.3) is 0 Å². The van der Waals surface area contributed by atoms with Crippen molar-refractivity contribution >= 4 is 5.96 Å². The molecule has 0 aliphatic carbocycles. The van der Waals surface area contributed by atoms with Gasteiger partial charge in [0.15, 0.2) is 0 Å². The van der Waals surface area contributed by atoms with Gasteiger partial charge in [-0.15, -0.1) is 0 Å². The Morgan fingerprint density at radius 1 is 1.47 bits per heavy atom. The van der Waals surface area contributed by atoms with Gasteiger partial charge in [0.1, 0.15) is 11.8 Å². The summed E-state index contributed by atoms with van der Waals surface area (Å²) >= 11 is 0. The third kappa shape index (κ3) is 3.63. The number of guanidine groups is 1. The summed E-state index contributed by atoms with van der Waals surface area (Å²) in [5.74, 6) is 6.73. The number of hydrogen-bond donors (Lipinski definition) is 3. The smallest absolute Gasteiger partial charge is 0.206 e. The largest absolute Gasteiger partial charge is 0.467 e. The third-order valence-corrected chi connectivity index (χ3v) is 1.84. The SMILES string of the molecule is CC(C)NC(=NC(C)c1ccco1)NN. The lowest BCUT2D eigenvalue weighted by molar-refractivity contribution is 0.479. The minimum Gasteiger partial charge on any atom is -0.467 e. The molecule has 1 unspecified atom stereocenters. The van der Waals surface area contributed by atoms with Gasteiger partial charge in [-0.05, 0) is 32.9 Å². The van der Waals surface area contributed by atoms with Gasteiger partial charge >= 0.3 is 0 Å². The van der Waals surface area contributed by atoms with E-state index in [0.29, 0.717) is 5.96 Å². The molecule has 1 heterocycles. The highest BCUT2D eigenvalue weighted by atomic mass is 16.3. The summed E-state index contributed by atoms with van der Waals surface area (Å²) in [7, 11) is 0. The van der Waals surface area contributed by atoms with E-state index in [0.717, 1.165) is 5.76 Å². The first-order valence-corrected chi connectivity index (χ1v) is 4.98. The van der Waals surface area contributed by atoms with Crippen LogP contribution in [0, 0.1) is 0 Å². The molecule has 0 spiro atoms. The number of hydrogen-bond acceptors (Lipinski definition) is 3. The number of hydrazine groups is 1. The zero-order valence-electron chi connectivity index (χ0n) is 9.32. The second-order valence-corrected chi connectivity index (χ2v) is 3.61. The molecule has 0 aliphatic heterocycles. The summed E-state index contributed by atoms with van der Waals surface area (Å²) < 4.78 is 5.24. The maximum absolute atomic E-state index is 5.35. The van der Waals surface area contributed by atoms with E-state index in [4.69, 9.17) is 10.3 Å². The molecular formula is C10H18N4O. The van der Waals surface area contributed by atoms with Crippen LogP contribution in [-0.4, -0.2) is 12.0 Å². The maximum Gasteiger partial charge on any atom is 0.206 e. The Morgan fingerprint density at radius 2 is 2.20 bits per heavy atom. The van der Waals surface area contributed by atoms with E-state index >= 15 is 0 Å². The van der Waals surface area contributed by atoms with Crippen molar-refractivity contribution in [2.24, 2.45) is 10.8 Å². The molecule has 5 heteroatoms. The molecule has 0 fully saturated rings. The molecule has 1 rings (SSSR count). The molecule has 4 N–H and O–H groups in total. The minimum atomic E-state index is -0.0581. The molecule has 5 nitrogen and oxygen atoms in total. The van der Waals surface area contributed by atoms with Gasteiger partial charge in [-0.2, -0.15) is 0 Å². The number of nitrogens with two attached hydrogens (primary N) is 1. The first kappa shape index (κ1) is 11.6. The molecule has 84 valence electrons. The number of rotatable bonds is 3. The molecule has 0 amide bonds. The summed E-state index contributed by atoms with van der Waals surface area (Å²) in [6, 6.07) is 3.95. The van der Waals surface area contributed by atoms with Crippen LogP contribution in [0.3, 0.4) is 0 Å².